The number of aromatic nitrogens is 1. The molecule has 0 atom stereocenters. The third-order valence-corrected chi connectivity index (χ3v) is 4.67. The standard InChI is InChI=1S/C18H17Cl2N3O3/c19-14-9-13(10-15(20)11-14)18(26)22-7-5-21(6-8-22)17(25)12-23-4-2-1-3-16(23)24/h1-4,9-11H,5-8,12H2. The van der Waals surface area contributed by atoms with Gasteiger partial charge in [0.15, 0.2) is 0 Å². The fraction of sp³-hybridized carbons (Fsp3) is 0.278. The van der Waals surface area contributed by atoms with E-state index in [-0.39, 0.29) is 23.9 Å². The summed E-state index contributed by atoms with van der Waals surface area (Å²) in [5.41, 5.74) is 0.214. The van der Waals surface area contributed by atoms with Crippen molar-refractivity contribution < 1.29 is 9.59 Å². The molecule has 2 aromatic rings. The van der Waals surface area contributed by atoms with Gasteiger partial charge in [0.05, 0.1) is 0 Å². The highest BCUT2D eigenvalue weighted by Gasteiger charge is 2.25. The second kappa shape index (κ2) is 7.93. The molecule has 26 heavy (non-hydrogen) atoms. The Labute approximate surface area is 160 Å². The molecule has 1 saturated heterocycles. The molecule has 0 N–H and O–H groups in total. The highest BCUT2D eigenvalue weighted by atomic mass is 35.5. The number of rotatable bonds is 3. The van der Waals surface area contributed by atoms with Gasteiger partial charge in [-0.3, -0.25) is 14.4 Å². The number of nitrogens with zero attached hydrogens (tertiary/aromatic N) is 3. The molecule has 1 aliphatic rings. The Kier molecular flexibility index (Phi) is 5.64. The van der Waals surface area contributed by atoms with Crippen LogP contribution < -0.4 is 5.56 Å². The smallest absolute Gasteiger partial charge is 0.254 e. The first-order valence-corrected chi connectivity index (χ1v) is 8.88. The summed E-state index contributed by atoms with van der Waals surface area (Å²) in [6, 6.07) is 9.49. The maximum absolute atomic E-state index is 12.6. The van der Waals surface area contributed by atoms with Gasteiger partial charge in [-0.1, -0.05) is 29.3 Å². The van der Waals surface area contributed by atoms with Crippen LogP contribution in [0.5, 0.6) is 0 Å². The number of halogens is 2. The van der Waals surface area contributed by atoms with Crippen LogP contribution in [0.2, 0.25) is 10.0 Å². The van der Waals surface area contributed by atoms with E-state index in [9.17, 15) is 14.4 Å². The van der Waals surface area contributed by atoms with Crippen LogP contribution in [0.1, 0.15) is 10.4 Å². The molecular formula is C18H17Cl2N3O3. The molecule has 0 saturated carbocycles. The average Bonchev–Trinajstić information content (AvgIpc) is 2.62. The van der Waals surface area contributed by atoms with Crippen molar-refractivity contribution in [1.29, 1.82) is 0 Å². The number of hydrogen-bond donors (Lipinski definition) is 0. The van der Waals surface area contributed by atoms with Gasteiger partial charge in [-0.2, -0.15) is 0 Å². The summed E-state index contributed by atoms with van der Waals surface area (Å²) in [6.45, 7) is 1.66. The van der Waals surface area contributed by atoms with Crippen molar-refractivity contribution in [3.63, 3.8) is 0 Å². The van der Waals surface area contributed by atoms with Crippen molar-refractivity contribution in [3.8, 4) is 0 Å². The Balaban J connectivity index is 1.60. The lowest BCUT2D eigenvalue weighted by Crippen LogP contribution is -2.51. The lowest BCUT2D eigenvalue weighted by molar-refractivity contribution is -0.133. The Hall–Kier alpha value is -2.31. The van der Waals surface area contributed by atoms with Crippen molar-refractivity contribution in [2.45, 2.75) is 6.54 Å². The Morgan fingerprint density at radius 3 is 2.15 bits per heavy atom. The van der Waals surface area contributed by atoms with E-state index >= 15 is 0 Å². The number of pyridine rings is 1. The van der Waals surface area contributed by atoms with Gasteiger partial charge in [0.25, 0.3) is 11.5 Å². The molecule has 3 rings (SSSR count). The zero-order valence-electron chi connectivity index (χ0n) is 13.9. The molecule has 2 amide bonds. The third-order valence-electron chi connectivity index (χ3n) is 4.23. The zero-order valence-corrected chi connectivity index (χ0v) is 15.4. The summed E-state index contributed by atoms with van der Waals surface area (Å²) < 4.78 is 1.37. The predicted octanol–water partition coefficient (Wildman–Crippen LogP) is 2.14. The summed E-state index contributed by atoms with van der Waals surface area (Å²) in [7, 11) is 0. The van der Waals surface area contributed by atoms with Crippen molar-refractivity contribution in [2.75, 3.05) is 26.2 Å². The van der Waals surface area contributed by atoms with Crippen molar-refractivity contribution in [2.24, 2.45) is 0 Å². The van der Waals surface area contributed by atoms with Crippen molar-refractivity contribution in [1.82, 2.24) is 14.4 Å². The van der Waals surface area contributed by atoms with Crippen LogP contribution in [-0.4, -0.2) is 52.4 Å². The van der Waals surface area contributed by atoms with Crippen LogP contribution >= 0.6 is 23.2 Å². The van der Waals surface area contributed by atoms with E-state index in [0.717, 1.165) is 0 Å². The summed E-state index contributed by atoms with van der Waals surface area (Å²) in [4.78, 5) is 40.0. The summed E-state index contributed by atoms with van der Waals surface area (Å²) in [5, 5.41) is 0.811. The van der Waals surface area contributed by atoms with Gasteiger partial charge in [0.2, 0.25) is 5.91 Å². The fourth-order valence-corrected chi connectivity index (χ4v) is 3.38. The van der Waals surface area contributed by atoms with E-state index in [1.54, 1.807) is 46.3 Å². The van der Waals surface area contributed by atoms with E-state index < -0.39 is 0 Å². The van der Waals surface area contributed by atoms with Crippen LogP contribution in [-0.2, 0) is 11.3 Å². The summed E-state index contributed by atoms with van der Waals surface area (Å²) >= 11 is 11.9. The number of carbonyl (C=O) groups is 2. The van der Waals surface area contributed by atoms with Crippen LogP contribution in [0.3, 0.4) is 0 Å². The minimum atomic E-state index is -0.215. The number of amides is 2. The number of carbonyl (C=O) groups excluding carboxylic acids is 2. The van der Waals surface area contributed by atoms with Gasteiger partial charge in [0.1, 0.15) is 6.54 Å². The van der Waals surface area contributed by atoms with Gasteiger partial charge < -0.3 is 14.4 Å². The second-order valence-corrected chi connectivity index (χ2v) is 6.87. The highest BCUT2D eigenvalue weighted by Crippen LogP contribution is 2.20. The molecule has 0 spiro atoms. The van der Waals surface area contributed by atoms with E-state index in [1.165, 1.54) is 10.6 Å². The summed E-state index contributed by atoms with van der Waals surface area (Å²) in [6.07, 6.45) is 1.59. The van der Waals surface area contributed by atoms with Gasteiger partial charge in [-0.25, -0.2) is 0 Å². The number of piperazine rings is 1. The third kappa shape index (κ3) is 4.26. The number of hydrogen-bond acceptors (Lipinski definition) is 3. The lowest BCUT2D eigenvalue weighted by Gasteiger charge is -2.35. The topological polar surface area (TPSA) is 62.6 Å². The van der Waals surface area contributed by atoms with Gasteiger partial charge >= 0.3 is 0 Å². The second-order valence-electron chi connectivity index (χ2n) is 6.00. The van der Waals surface area contributed by atoms with Crippen LogP contribution in [0.4, 0.5) is 0 Å². The first-order chi connectivity index (χ1) is 12.4. The summed E-state index contributed by atoms with van der Waals surface area (Å²) in [5.74, 6) is -0.308. The first-order valence-electron chi connectivity index (χ1n) is 8.12. The zero-order chi connectivity index (χ0) is 18.7. The molecule has 1 aliphatic heterocycles. The maximum atomic E-state index is 12.6. The predicted molar refractivity (Wildman–Crippen MR) is 99.6 cm³/mol. The Morgan fingerprint density at radius 1 is 0.923 bits per heavy atom. The minimum absolute atomic E-state index is 0.00246. The van der Waals surface area contributed by atoms with Crippen LogP contribution in [0, 0.1) is 0 Å². The molecule has 8 heteroatoms. The first kappa shape index (κ1) is 18.5. The molecule has 1 aromatic carbocycles. The molecule has 0 bridgehead atoms. The average molecular weight is 394 g/mol. The molecule has 1 aromatic heterocycles. The minimum Gasteiger partial charge on any atom is -0.338 e. The van der Waals surface area contributed by atoms with Crippen LogP contribution in [0.15, 0.2) is 47.4 Å². The monoisotopic (exact) mass is 393 g/mol. The van der Waals surface area contributed by atoms with E-state index in [1.807, 2.05) is 0 Å². The maximum Gasteiger partial charge on any atom is 0.254 e. The Bertz CT molecular complexity index is 869. The molecule has 0 unspecified atom stereocenters. The molecular weight excluding hydrogens is 377 g/mol. The van der Waals surface area contributed by atoms with Crippen molar-refractivity contribution in [3.05, 3.63) is 68.6 Å². The van der Waals surface area contributed by atoms with Gasteiger partial charge in [-0.05, 0) is 24.3 Å². The van der Waals surface area contributed by atoms with Crippen LogP contribution in [0.25, 0.3) is 0 Å². The molecule has 0 aliphatic carbocycles. The van der Waals surface area contributed by atoms with Gasteiger partial charge in [0, 0.05) is 54.1 Å². The number of benzene rings is 1. The van der Waals surface area contributed by atoms with Gasteiger partial charge in [-0.15, -0.1) is 0 Å². The van der Waals surface area contributed by atoms with E-state index in [4.69, 9.17) is 23.2 Å². The Morgan fingerprint density at radius 2 is 1.54 bits per heavy atom. The quantitative estimate of drug-likeness (QED) is 0.802. The molecule has 0 radical (unpaired) electrons. The van der Waals surface area contributed by atoms with E-state index in [0.29, 0.717) is 41.8 Å². The lowest BCUT2D eigenvalue weighted by atomic mass is 10.2. The van der Waals surface area contributed by atoms with Crippen molar-refractivity contribution >= 4 is 35.0 Å². The molecule has 136 valence electrons. The SMILES string of the molecule is O=C(Cn1ccccc1=O)N1CCN(C(=O)c2cc(Cl)cc(Cl)c2)CC1. The normalized spacial score (nSPS) is 14.4. The fourth-order valence-electron chi connectivity index (χ4n) is 2.86. The largest absolute Gasteiger partial charge is 0.338 e. The highest BCUT2D eigenvalue weighted by molar-refractivity contribution is 6.35. The molecule has 6 nitrogen and oxygen atoms in total. The molecule has 2 heterocycles. The van der Waals surface area contributed by atoms with E-state index in [2.05, 4.69) is 0 Å². The molecule has 1 fully saturated rings.